The van der Waals surface area contributed by atoms with Gasteiger partial charge in [-0.3, -0.25) is 9.59 Å². The van der Waals surface area contributed by atoms with Crippen LogP contribution in [0.15, 0.2) is 58.4 Å². The number of rotatable bonds is 10. The fourth-order valence-electron chi connectivity index (χ4n) is 4.00. The zero-order valence-electron chi connectivity index (χ0n) is 19.1. The van der Waals surface area contributed by atoms with E-state index < -0.39 is 10.9 Å². The molecule has 33 heavy (non-hydrogen) atoms. The van der Waals surface area contributed by atoms with Crippen molar-refractivity contribution < 1.29 is 5.11 Å². The number of phenols is 1. The lowest BCUT2D eigenvalue weighted by Gasteiger charge is -2.20. The van der Waals surface area contributed by atoms with E-state index in [1.165, 1.54) is 0 Å². The van der Waals surface area contributed by atoms with Crippen molar-refractivity contribution >= 4 is 28.1 Å². The molecule has 1 heterocycles. The van der Waals surface area contributed by atoms with Crippen LogP contribution in [0.1, 0.15) is 32.4 Å². The highest BCUT2D eigenvalue weighted by atomic mass is 16.3. The molecule has 0 saturated carbocycles. The summed E-state index contributed by atoms with van der Waals surface area (Å²) in [5, 5.41) is 15.9. The molecule has 0 bridgehead atoms. The fraction of sp³-hybridized carbons (Fsp3) is 0.320. The minimum atomic E-state index is -0.551. The van der Waals surface area contributed by atoms with Gasteiger partial charge in [0.15, 0.2) is 0 Å². The van der Waals surface area contributed by atoms with E-state index in [2.05, 4.69) is 38.9 Å². The van der Waals surface area contributed by atoms with E-state index in [9.17, 15) is 14.7 Å². The smallest absolute Gasteiger partial charge is 0.253 e. The summed E-state index contributed by atoms with van der Waals surface area (Å²) in [5.41, 5.74) is 2.74. The van der Waals surface area contributed by atoms with E-state index in [0.717, 1.165) is 42.8 Å². The average Bonchev–Trinajstić information content (AvgIpc) is 3.23. The molecule has 0 saturated heterocycles. The Morgan fingerprint density at radius 2 is 1.82 bits per heavy atom. The van der Waals surface area contributed by atoms with Crippen molar-refractivity contribution in [2.45, 2.75) is 33.4 Å². The molecule has 8 heteroatoms. The van der Waals surface area contributed by atoms with Crippen molar-refractivity contribution in [2.75, 3.05) is 30.3 Å². The molecular formula is C25H29N5O3. The van der Waals surface area contributed by atoms with Crippen molar-refractivity contribution in [2.24, 2.45) is 0 Å². The summed E-state index contributed by atoms with van der Waals surface area (Å²) < 4.78 is 2.12. The van der Waals surface area contributed by atoms with Crippen LogP contribution in [0.2, 0.25) is 0 Å². The second-order valence-corrected chi connectivity index (χ2v) is 8.16. The normalized spacial score (nSPS) is 12.5. The van der Waals surface area contributed by atoms with Gasteiger partial charge in [-0.1, -0.05) is 26.0 Å². The molecule has 0 fully saturated rings. The Morgan fingerprint density at radius 1 is 1.06 bits per heavy atom. The largest absolute Gasteiger partial charge is 0.508 e. The lowest BCUT2D eigenvalue weighted by Crippen LogP contribution is -2.37. The van der Waals surface area contributed by atoms with Crippen LogP contribution in [0.4, 0.5) is 17.1 Å². The van der Waals surface area contributed by atoms with Crippen LogP contribution < -0.4 is 21.5 Å². The molecule has 1 atom stereocenters. The van der Waals surface area contributed by atoms with Gasteiger partial charge in [0.25, 0.3) is 10.9 Å². The highest BCUT2D eigenvalue weighted by Crippen LogP contribution is 2.27. The third kappa shape index (κ3) is 4.61. The SMILES string of the molecule is CCN(CC)CCn1cnc2cc(Nc3c(NC(C)c4cccc(O)c4)c(=O)c3=O)ccc21. The number of nitrogens with one attached hydrogen (secondary N) is 2. The van der Waals surface area contributed by atoms with E-state index in [1.54, 1.807) is 18.2 Å². The third-order valence-corrected chi connectivity index (χ3v) is 6.08. The first-order chi connectivity index (χ1) is 15.9. The molecule has 0 aliphatic carbocycles. The summed E-state index contributed by atoms with van der Waals surface area (Å²) in [6.45, 7) is 10.0. The minimum Gasteiger partial charge on any atom is -0.508 e. The second-order valence-electron chi connectivity index (χ2n) is 8.16. The molecular weight excluding hydrogens is 418 g/mol. The van der Waals surface area contributed by atoms with Gasteiger partial charge in [-0.05, 0) is 55.9 Å². The summed E-state index contributed by atoms with van der Waals surface area (Å²) in [6.07, 6.45) is 1.83. The molecule has 172 valence electrons. The maximum absolute atomic E-state index is 12.2. The molecule has 1 aromatic heterocycles. The van der Waals surface area contributed by atoms with Crippen LogP contribution in [-0.4, -0.2) is 39.2 Å². The van der Waals surface area contributed by atoms with Crippen LogP contribution in [-0.2, 0) is 6.54 Å². The van der Waals surface area contributed by atoms with Crippen LogP contribution >= 0.6 is 0 Å². The van der Waals surface area contributed by atoms with Gasteiger partial charge in [-0.15, -0.1) is 0 Å². The summed E-state index contributed by atoms with van der Waals surface area (Å²) in [6, 6.07) is 12.3. The van der Waals surface area contributed by atoms with Crippen molar-refractivity contribution in [1.29, 1.82) is 0 Å². The fourth-order valence-corrected chi connectivity index (χ4v) is 4.00. The van der Waals surface area contributed by atoms with Gasteiger partial charge in [0.05, 0.1) is 17.4 Å². The number of aromatic hydroxyl groups is 1. The first-order valence-electron chi connectivity index (χ1n) is 11.2. The Kier molecular flexibility index (Phi) is 6.46. The molecule has 0 spiro atoms. The monoisotopic (exact) mass is 447 g/mol. The molecule has 0 amide bonds. The second kappa shape index (κ2) is 9.46. The standard InChI is InChI=1S/C25H29N5O3/c1-4-29(5-2)11-12-30-15-26-20-14-18(9-10-21(20)30)28-23-22(24(32)25(23)33)27-16(3)17-7-6-8-19(31)13-17/h6-10,13-16,27-28,31H,4-5,11-12H2,1-3H3. The van der Waals surface area contributed by atoms with Crippen LogP contribution in [0.25, 0.3) is 11.0 Å². The van der Waals surface area contributed by atoms with Gasteiger partial charge in [0, 0.05) is 24.8 Å². The number of aromatic nitrogens is 2. The minimum absolute atomic E-state index is 0.148. The Balaban J connectivity index is 1.50. The molecule has 8 nitrogen and oxygen atoms in total. The van der Waals surface area contributed by atoms with Crippen molar-refractivity contribution in [3.8, 4) is 5.75 Å². The molecule has 0 aliphatic heterocycles. The van der Waals surface area contributed by atoms with E-state index in [1.807, 2.05) is 37.5 Å². The highest BCUT2D eigenvalue weighted by Gasteiger charge is 2.23. The predicted octanol–water partition coefficient (Wildman–Crippen LogP) is 3.60. The van der Waals surface area contributed by atoms with Gasteiger partial charge >= 0.3 is 0 Å². The summed E-state index contributed by atoms with van der Waals surface area (Å²) in [7, 11) is 0. The molecule has 0 radical (unpaired) electrons. The third-order valence-electron chi connectivity index (χ3n) is 6.08. The summed E-state index contributed by atoms with van der Waals surface area (Å²) >= 11 is 0. The zero-order chi connectivity index (χ0) is 23.5. The molecule has 1 unspecified atom stereocenters. The van der Waals surface area contributed by atoms with E-state index in [4.69, 9.17) is 0 Å². The lowest BCUT2D eigenvalue weighted by molar-refractivity contribution is 0.292. The number of fused-ring (bicyclic) bond motifs is 1. The maximum atomic E-state index is 12.2. The molecule has 4 rings (SSSR count). The molecule has 3 aromatic carbocycles. The summed E-state index contributed by atoms with van der Waals surface area (Å²) in [4.78, 5) is 31.3. The topological polar surface area (TPSA) is 99.5 Å². The number of imidazole rings is 1. The molecule has 3 N–H and O–H groups in total. The van der Waals surface area contributed by atoms with Crippen LogP contribution in [0.3, 0.4) is 0 Å². The summed E-state index contributed by atoms with van der Waals surface area (Å²) in [5.74, 6) is 0.148. The predicted molar refractivity (Wildman–Crippen MR) is 132 cm³/mol. The highest BCUT2D eigenvalue weighted by molar-refractivity contribution is 5.84. The number of likely N-dealkylation sites (N-methyl/N-ethyl adjacent to an activating group) is 1. The van der Waals surface area contributed by atoms with Gasteiger partial charge < -0.3 is 25.2 Å². The number of hydrogen-bond donors (Lipinski definition) is 3. The first-order valence-corrected chi connectivity index (χ1v) is 11.2. The van der Waals surface area contributed by atoms with Crippen LogP contribution in [0, 0.1) is 0 Å². The maximum Gasteiger partial charge on any atom is 0.253 e. The quantitative estimate of drug-likeness (QED) is 0.320. The average molecular weight is 448 g/mol. The van der Waals surface area contributed by atoms with Gasteiger partial charge in [0.2, 0.25) is 0 Å². The molecule has 4 aromatic rings. The van der Waals surface area contributed by atoms with Crippen molar-refractivity contribution in [3.63, 3.8) is 0 Å². The Morgan fingerprint density at radius 3 is 2.55 bits per heavy atom. The molecule has 0 aliphatic rings. The van der Waals surface area contributed by atoms with Crippen molar-refractivity contribution in [3.05, 3.63) is 74.8 Å². The Labute approximate surface area is 192 Å². The zero-order valence-corrected chi connectivity index (χ0v) is 19.1. The van der Waals surface area contributed by atoms with Gasteiger partial charge in [-0.25, -0.2) is 4.98 Å². The first kappa shape index (κ1) is 22.5. The van der Waals surface area contributed by atoms with Crippen molar-refractivity contribution in [1.82, 2.24) is 14.5 Å². The lowest BCUT2D eigenvalue weighted by atomic mass is 10.1. The number of phenolic OH excluding ortho intramolecular Hbond substituents is 1. The number of nitrogens with zero attached hydrogens (tertiary/aromatic N) is 3. The van der Waals surface area contributed by atoms with E-state index in [0.29, 0.717) is 5.69 Å². The number of anilines is 3. The van der Waals surface area contributed by atoms with Gasteiger partial charge in [-0.2, -0.15) is 0 Å². The Hall–Kier alpha value is -3.65. The van der Waals surface area contributed by atoms with E-state index >= 15 is 0 Å². The van der Waals surface area contributed by atoms with Gasteiger partial charge in [0.1, 0.15) is 17.1 Å². The number of benzene rings is 2. The van der Waals surface area contributed by atoms with Crippen LogP contribution in [0.5, 0.6) is 5.75 Å². The van der Waals surface area contributed by atoms with E-state index in [-0.39, 0.29) is 23.2 Å². The number of hydrogen-bond acceptors (Lipinski definition) is 7. The Bertz CT molecular complexity index is 1330.